The van der Waals surface area contributed by atoms with E-state index in [0.717, 1.165) is 5.69 Å². The van der Waals surface area contributed by atoms with Crippen LogP contribution < -0.4 is 5.56 Å². The molecule has 0 spiro atoms. The van der Waals surface area contributed by atoms with Crippen molar-refractivity contribution in [1.29, 1.82) is 0 Å². The molecule has 0 saturated heterocycles. The van der Waals surface area contributed by atoms with Gasteiger partial charge in [0.2, 0.25) is 5.56 Å². The number of rotatable bonds is 2. The van der Waals surface area contributed by atoms with E-state index in [0.29, 0.717) is 11.0 Å². The van der Waals surface area contributed by atoms with E-state index in [1.54, 1.807) is 18.7 Å². The number of hydrogen-bond acceptors (Lipinski definition) is 4. The van der Waals surface area contributed by atoms with Crippen LogP contribution in [0, 0.1) is 6.92 Å². The van der Waals surface area contributed by atoms with Crippen LogP contribution in [-0.4, -0.2) is 27.3 Å². The molecule has 6 heteroatoms. The fourth-order valence-electron chi connectivity index (χ4n) is 1.74. The molecule has 90 valence electrons. The molecule has 0 aliphatic carbocycles. The van der Waals surface area contributed by atoms with E-state index < -0.39 is 5.97 Å². The van der Waals surface area contributed by atoms with Crippen molar-refractivity contribution in [2.24, 2.45) is 7.05 Å². The van der Waals surface area contributed by atoms with Crippen LogP contribution in [-0.2, 0) is 11.8 Å². The number of hydrogen-bond donors (Lipinski definition) is 1. The second-order valence-electron chi connectivity index (χ2n) is 3.70. The van der Waals surface area contributed by atoms with Crippen molar-refractivity contribution >= 4 is 17.0 Å². The highest BCUT2D eigenvalue weighted by atomic mass is 16.5. The lowest BCUT2D eigenvalue weighted by atomic mass is 10.1. The van der Waals surface area contributed by atoms with Gasteiger partial charge in [-0.25, -0.2) is 4.79 Å². The van der Waals surface area contributed by atoms with Crippen LogP contribution in [0.2, 0.25) is 0 Å². The van der Waals surface area contributed by atoms with E-state index in [1.807, 2.05) is 6.92 Å². The molecule has 0 unspecified atom stereocenters. The van der Waals surface area contributed by atoms with Crippen LogP contribution in [0.4, 0.5) is 0 Å². The fraction of sp³-hybridized carbons (Fsp3) is 0.364. The Labute approximate surface area is 97.2 Å². The second-order valence-corrected chi connectivity index (χ2v) is 3.70. The number of nitrogens with zero attached hydrogens (tertiary/aromatic N) is 2. The third kappa shape index (κ3) is 1.82. The Bertz CT molecular complexity index is 639. The van der Waals surface area contributed by atoms with Gasteiger partial charge in [0.15, 0.2) is 5.65 Å². The highest BCUT2D eigenvalue weighted by Crippen LogP contribution is 2.19. The highest BCUT2D eigenvalue weighted by molar-refractivity contribution is 6.03. The number of H-pyrrole nitrogens is 1. The molecule has 2 rings (SSSR count). The summed E-state index contributed by atoms with van der Waals surface area (Å²) in [6.45, 7) is 3.82. The molecule has 17 heavy (non-hydrogen) atoms. The molecule has 0 aliphatic rings. The molecule has 0 fully saturated rings. The van der Waals surface area contributed by atoms with E-state index in [1.165, 1.54) is 6.07 Å². The number of pyridine rings is 1. The van der Waals surface area contributed by atoms with Crippen LogP contribution in [0.1, 0.15) is 23.0 Å². The summed E-state index contributed by atoms with van der Waals surface area (Å²) in [5.74, 6) is -0.500. The number of esters is 1. The standard InChI is InChI=1S/C11H13N3O3/c1-4-17-11(16)7-5-8(15)12-10-9(7)6(2)14(3)13-10/h5H,4H2,1-3H3,(H,12,13,15). The molecule has 0 aliphatic heterocycles. The summed E-state index contributed by atoms with van der Waals surface area (Å²) in [4.78, 5) is 25.8. The van der Waals surface area contributed by atoms with Crippen molar-refractivity contribution in [3.63, 3.8) is 0 Å². The first-order chi connectivity index (χ1) is 8.04. The first-order valence-electron chi connectivity index (χ1n) is 5.28. The molecule has 2 aromatic rings. The van der Waals surface area contributed by atoms with Crippen molar-refractivity contribution < 1.29 is 9.53 Å². The van der Waals surface area contributed by atoms with Crippen LogP contribution >= 0.6 is 0 Å². The predicted octanol–water partition coefficient (Wildman–Crippen LogP) is 0.747. The van der Waals surface area contributed by atoms with Crippen molar-refractivity contribution in [1.82, 2.24) is 14.8 Å². The van der Waals surface area contributed by atoms with Gasteiger partial charge in [0, 0.05) is 18.8 Å². The molecule has 6 nitrogen and oxygen atoms in total. The van der Waals surface area contributed by atoms with Crippen LogP contribution in [0.15, 0.2) is 10.9 Å². The Morgan fingerprint density at radius 3 is 2.94 bits per heavy atom. The number of ether oxygens (including phenoxy) is 1. The normalized spacial score (nSPS) is 10.8. The van der Waals surface area contributed by atoms with Gasteiger partial charge in [-0.05, 0) is 13.8 Å². The van der Waals surface area contributed by atoms with E-state index in [2.05, 4.69) is 10.1 Å². The summed E-state index contributed by atoms with van der Waals surface area (Å²) in [6.07, 6.45) is 0. The Morgan fingerprint density at radius 1 is 1.59 bits per heavy atom. The van der Waals surface area contributed by atoms with Gasteiger partial charge in [0.05, 0.1) is 17.6 Å². The van der Waals surface area contributed by atoms with Crippen molar-refractivity contribution in [2.45, 2.75) is 13.8 Å². The lowest BCUT2D eigenvalue weighted by Gasteiger charge is -2.03. The SMILES string of the molecule is CCOC(=O)c1cc(=O)[nH]c2nn(C)c(C)c12. The third-order valence-corrected chi connectivity index (χ3v) is 2.62. The molecular weight excluding hydrogens is 222 g/mol. The molecule has 1 N–H and O–H groups in total. The van der Waals surface area contributed by atoms with Gasteiger partial charge in [-0.3, -0.25) is 9.48 Å². The molecule has 0 radical (unpaired) electrons. The number of carbonyl (C=O) groups is 1. The minimum atomic E-state index is -0.500. The molecule has 2 heterocycles. The number of carbonyl (C=O) groups excluding carboxylic acids is 1. The second kappa shape index (κ2) is 4.04. The maximum Gasteiger partial charge on any atom is 0.339 e. The lowest BCUT2D eigenvalue weighted by molar-refractivity contribution is 0.0528. The highest BCUT2D eigenvalue weighted by Gasteiger charge is 2.17. The molecular formula is C11H13N3O3. The topological polar surface area (TPSA) is 77.0 Å². The van der Waals surface area contributed by atoms with Gasteiger partial charge in [-0.15, -0.1) is 0 Å². The molecule has 0 aromatic carbocycles. The smallest absolute Gasteiger partial charge is 0.339 e. The molecule has 0 bridgehead atoms. The Hall–Kier alpha value is -2.11. The minimum Gasteiger partial charge on any atom is -0.462 e. The first kappa shape index (κ1) is 11.4. The van der Waals surface area contributed by atoms with Crippen molar-refractivity contribution in [3.05, 3.63) is 27.7 Å². The van der Waals surface area contributed by atoms with Crippen molar-refractivity contribution in [2.75, 3.05) is 6.61 Å². The summed E-state index contributed by atoms with van der Waals surface area (Å²) in [5, 5.41) is 4.76. The van der Waals surface area contributed by atoms with Gasteiger partial charge in [0.1, 0.15) is 0 Å². The zero-order valence-corrected chi connectivity index (χ0v) is 9.90. The Kier molecular flexibility index (Phi) is 2.71. The van der Waals surface area contributed by atoms with Crippen molar-refractivity contribution in [3.8, 4) is 0 Å². The third-order valence-electron chi connectivity index (χ3n) is 2.62. The number of fused-ring (bicyclic) bond motifs is 1. The summed E-state index contributed by atoms with van der Waals surface area (Å²) in [5.41, 5.74) is 1.11. The van der Waals surface area contributed by atoms with E-state index >= 15 is 0 Å². The summed E-state index contributed by atoms with van der Waals surface area (Å²) in [7, 11) is 1.75. The lowest BCUT2D eigenvalue weighted by Crippen LogP contribution is -2.12. The van der Waals surface area contributed by atoms with Crippen LogP contribution in [0.3, 0.4) is 0 Å². The van der Waals surface area contributed by atoms with Gasteiger partial charge < -0.3 is 9.72 Å². The van der Waals surface area contributed by atoms with E-state index in [9.17, 15) is 9.59 Å². The van der Waals surface area contributed by atoms with Gasteiger partial charge in [0.25, 0.3) is 0 Å². The number of aromatic nitrogens is 3. The first-order valence-corrected chi connectivity index (χ1v) is 5.28. The molecule has 2 aromatic heterocycles. The maximum atomic E-state index is 11.8. The minimum absolute atomic E-state index is 0.260. The molecule has 0 amide bonds. The number of nitrogens with one attached hydrogen (secondary N) is 1. The average molecular weight is 235 g/mol. The van der Waals surface area contributed by atoms with Gasteiger partial charge in [-0.2, -0.15) is 5.10 Å². The quantitative estimate of drug-likeness (QED) is 0.779. The number of aryl methyl sites for hydroxylation is 2. The van der Waals surface area contributed by atoms with Crippen LogP contribution in [0.25, 0.3) is 11.0 Å². The molecule has 0 atom stereocenters. The summed E-state index contributed by atoms with van der Waals surface area (Å²) < 4.78 is 6.54. The zero-order chi connectivity index (χ0) is 12.6. The average Bonchev–Trinajstić information content (AvgIpc) is 2.54. The predicted molar refractivity (Wildman–Crippen MR) is 62.0 cm³/mol. The van der Waals surface area contributed by atoms with E-state index in [4.69, 9.17) is 4.74 Å². The zero-order valence-electron chi connectivity index (χ0n) is 9.90. The molecule has 0 saturated carbocycles. The van der Waals surface area contributed by atoms with Gasteiger partial charge >= 0.3 is 5.97 Å². The van der Waals surface area contributed by atoms with Gasteiger partial charge in [-0.1, -0.05) is 0 Å². The number of aromatic amines is 1. The Morgan fingerprint density at radius 2 is 2.29 bits per heavy atom. The Balaban J connectivity index is 2.76. The largest absolute Gasteiger partial charge is 0.462 e. The summed E-state index contributed by atoms with van der Waals surface area (Å²) in [6, 6.07) is 1.25. The monoisotopic (exact) mass is 235 g/mol. The van der Waals surface area contributed by atoms with Crippen LogP contribution in [0.5, 0.6) is 0 Å². The summed E-state index contributed by atoms with van der Waals surface area (Å²) >= 11 is 0. The van der Waals surface area contributed by atoms with E-state index in [-0.39, 0.29) is 17.7 Å². The maximum absolute atomic E-state index is 11.8. The fourth-order valence-corrected chi connectivity index (χ4v) is 1.74.